The van der Waals surface area contributed by atoms with Gasteiger partial charge in [0, 0.05) is 24.4 Å². The molecule has 0 bridgehead atoms. The van der Waals surface area contributed by atoms with E-state index in [1.54, 1.807) is 6.07 Å². The van der Waals surface area contributed by atoms with Gasteiger partial charge in [-0.3, -0.25) is 4.98 Å². The summed E-state index contributed by atoms with van der Waals surface area (Å²) in [5.41, 5.74) is 1.52. The fourth-order valence-electron chi connectivity index (χ4n) is 1.51. The Morgan fingerprint density at radius 1 is 1.71 bits per heavy atom. The number of rotatable bonds is 5. The lowest BCUT2D eigenvalue weighted by Gasteiger charge is -2.17. The van der Waals surface area contributed by atoms with Gasteiger partial charge in [-0.1, -0.05) is 6.92 Å². The summed E-state index contributed by atoms with van der Waals surface area (Å²) in [5.74, 6) is 1.59. The molecular formula is C13H16N2O2. The summed E-state index contributed by atoms with van der Waals surface area (Å²) in [4.78, 5) is 15.0. The molecule has 0 amide bonds. The molecule has 0 aliphatic carbocycles. The highest BCUT2D eigenvalue weighted by molar-refractivity contribution is 5.93. The number of nitrogens with zero attached hydrogens (tertiary/aromatic N) is 1. The van der Waals surface area contributed by atoms with Gasteiger partial charge in [0.15, 0.2) is 0 Å². The fraction of sp³-hybridized carbons (Fsp3) is 0.385. The first-order valence-corrected chi connectivity index (χ1v) is 5.48. The Hall–Kier alpha value is -2.02. The van der Waals surface area contributed by atoms with Gasteiger partial charge in [0.1, 0.15) is 5.56 Å². The Kier molecular flexibility index (Phi) is 4.53. The van der Waals surface area contributed by atoms with Crippen molar-refractivity contribution in [3.8, 4) is 12.3 Å². The summed E-state index contributed by atoms with van der Waals surface area (Å²) in [7, 11) is 0. The Labute approximate surface area is 101 Å². The van der Waals surface area contributed by atoms with Gasteiger partial charge in [0.25, 0.3) is 0 Å². The molecule has 4 heteroatoms. The standard InChI is InChI=1S/C13H16N2O2/c1-4-6-10(5-2)15-12-7-9(3)14-8-11(12)13(16)17/h1,7-8,10H,5-6H2,2-3H3,(H,14,15)(H,16,17). The number of carboxylic acid groups (broad SMARTS) is 1. The van der Waals surface area contributed by atoms with E-state index in [9.17, 15) is 4.79 Å². The molecule has 1 rings (SSSR count). The minimum absolute atomic E-state index is 0.0832. The molecule has 0 aliphatic heterocycles. The number of hydrogen-bond acceptors (Lipinski definition) is 3. The van der Waals surface area contributed by atoms with Crippen molar-refractivity contribution >= 4 is 11.7 Å². The van der Waals surface area contributed by atoms with Crippen LogP contribution in [0.1, 0.15) is 35.8 Å². The van der Waals surface area contributed by atoms with Crippen LogP contribution >= 0.6 is 0 Å². The zero-order chi connectivity index (χ0) is 12.8. The van der Waals surface area contributed by atoms with Crippen LogP contribution in [0.25, 0.3) is 0 Å². The van der Waals surface area contributed by atoms with Crippen LogP contribution in [0.3, 0.4) is 0 Å². The lowest BCUT2D eigenvalue weighted by molar-refractivity contribution is 0.0697. The molecule has 90 valence electrons. The summed E-state index contributed by atoms with van der Waals surface area (Å²) in [6.45, 7) is 3.82. The van der Waals surface area contributed by atoms with Crippen molar-refractivity contribution in [1.82, 2.24) is 4.98 Å². The van der Waals surface area contributed by atoms with Crippen molar-refractivity contribution in [2.75, 3.05) is 5.32 Å². The topological polar surface area (TPSA) is 62.2 Å². The van der Waals surface area contributed by atoms with Crippen molar-refractivity contribution < 1.29 is 9.90 Å². The van der Waals surface area contributed by atoms with Crippen molar-refractivity contribution in [2.45, 2.75) is 32.7 Å². The highest BCUT2D eigenvalue weighted by Gasteiger charge is 2.13. The maximum Gasteiger partial charge on any atom is 0.339 e. The number of aromatic nitrogens is 1. The van der Waals surface area contributed by atoms with Crippen LogP contribution in [0.2, 0.25) is 0 Å². The Bertz CT molecular complexity index is 449. The van der Waals surface area contributed by atoms with Crippen LogP contribution in [0.5, 0.6) is 0 Å². The summed E-state index contributed by atoms with van der Waals surface area (Å²) in [6, 6.07) is 1.81. The highest BCUT2D eigenvalue weighted by Crippen LogP contribution is 2.18. The molecule has 0 aliphatic rings. The molecule has 0 saturated carbocycles. The molecule has 17 heavy (non-hydrogen) atoms. The lowest BCUT2D eigenvalue weighted by atomic mass is 10.1. The second-order valence-electron chi connectivity index (χ2n) is 3.83. The number of terminal acetylenes is 1. The van der Waals surface area contributed by atoms with E-state index in [4.69, 9.17) is 11.5 Å². The third-order valence-electron chi connectivity index (χ3n) is 2.49. The molecule has 0 aromatic carbocycles. The molecule has 1 unspecified atom stereocenters. The third-order valence-corrected chi connectivity index (χ3v) is 2.49. The van der Waals surface area contributed by atoms with E-state index in [0.29, 0.717) is 12.1 Å². The summed E-state index contributed by atoms with van der Waals surface area (Å²) in [5, 5.41) is 12.2. The van der Waals surface area contributed by atoms with Crippen LogP contribution < -0.4 is 5.32 Å². The largest absolute Gasteiger partial charge is 0.478 e. The van der Waals surface area contributed by atoms with Gasteiger partial charge in [0.2, 0.25) is 0 Å². The van der Waals surface area contributed by atoms with Gasteiger partial charge in [-0.05, 0) is 19.4 Å². The average molecular weight is 232 g/mol. The van der Waals surface area contributed by atoms with Crippen molar-refractivity contribution in [3.05, 3.63) is 23.5 Å². The summed E-state index contributed by atoms with van der Waals surface area (Å²) in [6.07, 6.45) is 8.04. The zero-order valence-electron chi connectivity index (χ0n) is 10.0. The quantitative estimate of drug-likeness (QED) is 0.765. The summed E-state index contributed by atoms with van der Waals surface area (Å²) < 4.78 is 0. The molecule has 0 fully saturated rings. The van der Waals surface area contributed by atoms with E-state index in [0.717, 1.165) is 12.1 Å². The van der Waals surface area contributed by atoms with E-state index in [-0.39, 0.29) is 11.6 Å². The van der Waals surface area contributed by atoms with Crippen LogP contribution in [-0.4, -0.2) is 22.1 Å². The molecule has 1 aromatic rings. The van der Waals surface area contributed by atoms with Gasteiger partial charge in [0.05, 0.1) is 5.69 Å². The van der Waals surface area contributed by atoms with Gasteiger partial charge in [-0.25, -0.2) is 4.79 Å². The van der Waals surface area contributed by atoms with Gasteiger partial charge >= 0.3 is 5.97 Å². The predicted molar refractivity (Wildman–Crippen MR) is 67.1 cm³/mol. The number of aromatic carboxylic acids is 1. The number of aryl methyl sites for hydroxylation is 1. The first-order valence-electron chi connectivity index (χ1n) is 5.48. The van der Waals surface area contributed by atoms with Gasteiger partial charge in [-0.15, -0.1) is 12.3 Å². The van der Waals surface area contributed by atoms with Gasteiger partial charge < -0.3 is 10.4 Å². The van der Waals surface area contributed by atoms with Crippen LogP contribution in [-0.2, 0) is 0 Å². The van der Waals surface area contributed by atoms with Crippen LogP contribution in [0, 0.1) is 19.3 Å². The Morgan fingerprint density at radius 2 is 2.41 bits per heavy atom. The molecule has 0 spiro atoms. The molecule has 2 N–H and O–H groups in total. The first-order chi connectivity index (χ1) is 8.08. The number of nitrogens with one attached hydrogen (secondary N) is 1. The zero-order valence-corrected chi connectivity index (χ0v) is 10.0. The van der Waals surface area contributed by atoms with Crippen molar-refractivity contribution in [2.24, 2.45) is 0 Å². The molecular weight excluding hydrogens is 216 g/mol. The smallest absolute Gasteiger partial charge is 0.339 e. The fourth-order valence-corrected chi connectivity index (χ4v) is 1.51. The van der Waals surface area contributed by atoms with Crippen LogP contribution in [0.4, 0.5) is 5.69 Å². The second-order valence-corrected chi connectivity index (χ2v) is 3.83. The minimum atomic E-state index is -0.990. The van der Waals surface area contributed by atoms with Crippen LogP contribution in [0.15, 0.2) is 12.3 Å². The maximum absolute atomic E-state index is 11.0. The van der Waals surface area contributed by atoms with E-state index in [1.807, 2.05) is 13.8 Å². The molecule has 0 radical (unpaired) electrons. The minimum Gasteiger partial charge on any atom is -0.478 e. The number of carbonyl (C=O) groups is 1. The van der Waals surface area contributed by atoms with E-state index < -0.39 is 5.97 Å². The molecule has 1 atom stereocenters. The molecule has 4 nitrogen and oxygen atoms in total. The van der Waals surface area contributed by atoms with E-state index >= 15 is 0 Å². The third kappa shape index (κ3) is 3.49. The number of anilines is 1. The number of pyridine rings is 1. The summed E-state index contributed by atoms with van der Waals surface area (Å²) >= 11 is 0. The maximum atomic E-state index is 11.0. The molecule has 1 heterocycles. The Morgan fingerprint density at radius 3 is 2.94 bits per heavy atom. The highest BCUT2D eigenvalue weighted by atomic mass is 16.4. The number of carboxylic acids is 1. The normalized spacial score (nSPS) is 11.6. The van der Waals surface area contributed by atoms with Gasteiger partial charge in [-0.2, -0.15) is 0 Å². The average Bonchev–Trinajstić information content (AvgIpc) is 2.28. The molecule has 1 aromatic heterocycles. The predicted octanol–water partition coefficient (Wildman–Crippen LogP) is 2.30. The number of hydrogen-bond donors (Lipinski definition) is 2. The Balaban J connectivity index is 2.99. The second kappa shape index (κ2) is 5.90. The lowest BCUT2D eigenvalue weighted by Crippen LogP contribution is -2.19. The first kappa shape index (κ1) is 13.0. The van der Waals surface area contributed by atoms with E-state index in [1.165, 1.54) is 6.20 Å². The monoisotopic (exact) mass is 232 g/mol. The van der Waals surface area contributed by atoms with Crippen molar-refractivity contribution in [1.29, 1.82) is 0 Å². The van der Waals surface area contributed by atoms with Crippen molar-refractivity contribution in [3.63, 3.8) is 0 Å². The van der Waals surface area contributed by atoms with E-state index in [2.05, 4.69) is 16.2 Å². The SMILES string of the molecule is C#CCC(CC)Nc1cc(C)ncc1C(=O)O. The molecule has 0 saturated heterocycles.